The molecule has 0 radical (unpaired) electrons. The van der Waals surface area contributed by atoms with E-state index in [0.717, 1.165) is 25.7 Å². The fraction of sp³-hybridized carbons (Fsp3) is 0.935. The molecule has 0 aromatic carbocycles. The zero-order valence-corrected chi connectivity index (χ0v) is 23.5. The van der Waals surface area contributed by atoms with Crippen LogP contribution in [-0.2, 0) is 14.3 Å². The first-order valence-corrected chi connectivity index (χ1v) is 15.3. The van der Waals surface area contributed by atoms with Crippen molar-refractivity contribution in [2.24, 2.45) is 5.92 Å². The zero-order valence-electron chi connectivity index (χ0n) is 23.5. The maximum atomic E-state index is 12.6. The van der Waals surface area contributed by atoms with Gasteiger partial charge in [0.05, 0.1) is 7.11 Å². The van der Waals surface area contributed by atoms with Gasteiger partial charge in [-0.05, 0) is 12.8 Å². The first-order valence-electron chi connectivity index (χ1n) is 15.3. The summed E-state index contributed by atoms with van der Waals surface area (Å²) in [5.74, 6) is -0.755. The smallest absolute Gasteiger partial charge is 0.316 e. The molecule has 0 aliphatic rings. The average Bonchev–Trinajstić information content (AvgIpc) is 2.85. The Labute approximate surface area is 213 Å². The molecule has 0 N–H and O–H groups in total. The van der Waals surface area contributed by atoms with Crippen LogP contribution in [0.15, 0.2) is 0 Å². The van der Waals surface area contributed by atoms with Gasteiger partial charge in [0, 0.05) is 6.42 Å². The van der Waals surface area contributed by atoms with Gasteiger partial charge in [-0.3, -0.25) is 9.59 Å². The molecule has 34 heavy (non-hydrogen) atoms. The Morgan fingerprint density at radius 1 is 0.500 bits per heavy atom. The molecule has 0 aromatic heterocycles. The minimum atomic E-state index is -0.531. The molecule has 0 spiro atoms. The molecular weight excluding hydrogens is 420 g/mol. The van der Waals surface area contributed by atoms with Gasteiger partial charge in [0.2, 0.25) is 0 Å². The third kappa shape index (κ3) is 21.7. The Hall–Kier alpha value is -0.860. The molecule has 0 saturated heterocycles. The summed E-state index contributed by atoms with van der Waals surface area (Å²) in [6.07, 6.45) is 30.8. The molecule has 0 rings (SSSR count). The summed E-state index contributed by atoms with van der Waals surface area (Å²) >= 11 is 0. The Morgan fingerprint density at radius 2 is 0.824 bits per heavy atom. The van der Waals surface area contributed by atoms with Crippen molar-refractivity contribution >= 4 is 11.8 Å². The van der Waals surface area contributed by atoms with Crippen molar-refractivity contribution in [3.05, 3.63) is 0 Å². The van der Waals surface area contributed by atoms with E-state index < -0.39 is 5.92 Å². The number of hydrogen-bond donors (Lipinski definition) is 0. The van der Waals surface area contributed by atoms with E-state index in [-0.39, 0.29) is 11.8 Å². The number of esters is 1. The lowest BCUT2D eigenvalue weighted by atomic mass is 9.93. The van der Waals surface area contributed by atoms with Crippen LogP contribution in [0.25, 0.3) is 0 Å². The molecule has 3 nitrogen and oxygen atoms in total. The van der Waals surface area contributed by atoms with E-state index in [1.807, 2.05) is 0 Å². The van der Waals surface area contributed by atoms with Crippen LogP contribution < -0.4 is 0 Å². The number of carbonyl (C=O) groups excluding carboxylic acids is 2. The summed E-state index contributed by atoms with van der Waals surface area (Å²) in [5.41, 5.74) is 0. The van der Waals surface area contributed by atoms with Gasteiger partial charge in [0.1, 0.15) is 11.7 Å². The minimum absolute atomic E-state index is 0.101. The van der Waals surface area contributed by atoms with Crippen LogP contribution in [0.5, 0.6) is 0 Å². The Balaban J connectivity index is 3.66. The second kappa shape index (κ2) is 26.7. The van der Waals surface area contributed by atoms with E-state index in [1.54, 1.807) is 0 Å². The second-order valence-corrected chi connectivity index (χ2v) is 10.5. The molecule has 0 saturated carbocycles. The molecule has 0 heterocycles. The first-order chi connectivity index (χ1) is 16.7. The average molecular weight is 481 g/mol. The van der Waals surface area contributed by atoms with Crippen molar-refractivity contribution in [3.8, 4) is 0 Å². The molecule has 0 aliphatic carbocycles. The molecule has 0 fully saturated rings. The van der Waals surface area contributed by atoms with Gasteiger partial charge in [-0.2, -0.15) is 0 Å². The van der Waals surface area contributed by atoms with Gasteiger partial charge >= 0.3 is 5.97 Å². The van der Waals surface area contributed by atoms with Crippen LogP contribution in [-0.4, -0.2) is 18.9 Å². The molecule has 1 atom stereocenters. The van der Waals surface area contributed by atoms with E-state index in [4.69, 9.17) is 4.74 Å². The van der Waals surface area contributed by atoms with Crippen LogP contribution in [0.3, 0.4) is 0 Å². The SMILES string of the molecule is CCCCCCCCCCCCCCCCCC(=O)C(CCCCCCCCCC)C(=O)OC. The zero-order chi connectivity index (χ0) is 25.1. The number of ketones is 1. The molecule has 0 bridgehead atoms. The van der Waals surface area contributed by atoms with Crippen molar-refractivity contribution in [2.45, 2.75) is 174 Å². The highest BCUT2D eigenvalue weighted by Gasteiger charge is 2.26. The molecule has 0 aromatic rings. The fourth-order valence-corrected chi connectivity index (χ4v) is 4.88. The number of methoxy groups -OCH3 is 1. The number of carbonyl (C=O) groups is 2. The lowest BCUT2D eigenvalue weighted by Crippen LogP contribution is -2.25. The monoisotopic (exact) mass is 480 g/mol. The molecule has 1 unspecified atom stereocenters. The lowest BCUT2D eigenvalue weighted by molar-refractivity contribution is -0.149. The maximum Gasteiger partial charge on any atom is 0.316 e. The Kier molecular flexibility index (Phi) is 26.1. The molecule has 202 valence electrons. The summed E-state index contributed by atoms with van der Waals surface area (Å²) in [4.78, 5) is 24.7. The summed E-state index contributed by atoms with van der Waals surface area (Å²) in [6, 6.07) is 0. The normalized spacial score (nSPS) is 12.1. The maximum absolute atomic E-state index is 12.6. The van der Waals surface area contributed by atoms with Crippen molar-refractivity contribution in [3.63, 3.8) is 0 Å². The summed E-state index contributed by atoms with van der Waals surface area (Å²) in [5, 5.41) is 0. The third-order valence-corrected chi connectivity index (χ3v) is 7.25. The first kappa shape index (κ1) is 33.1. The highest BCUT2D eigenvalue weighted by molar-refractivity contribution is 5.98. The Morgan fingerprint density at radius 3 is 1.18 bits per heavy atom. The topological polar surface area (TPSA) is 43.4 Å². The van der Waals surface area contributed by atoms with Crippen molar-refractivity contribution in [1.29, 1.82) is 0 Å². The highest BCUT2D eigenvalue weighted by Crippen LogP contribution is 2.19. The van der Waals surface area contributed by atoms with Gasteiger partial charge in [-0.1, -0.05) is 155 Å². The largest absolute Gasteiger partial charge is 0.468 e. The van der Waals surface area contributed by atoms with Crippen molar-refractivity contribution < 1.29 is 14.3 Å². The summed E-state index contributed by atoms with van der Waals surface area (Å²) in [6.45, 7) is 4.52. The fourth-order valence-electron chi connectivity index (χ4n) is 4.88. The number of rotatable bonds is 27. The second-order valence-electron chi connectivity index (χ2n) is 10.5. The highest BCUT2D eigenvalue weighted by atomic mass is 16.5. The summed E-state index contributed by atoms with van der Waals surface area (Å²) < 4.78 is 4.92. The standard InChI is InChI=1S/C31H60O3/c1-4-6-8-10-12-14-15-16-17-18-19-20-22-24-26-28-30(32)29(31(33)34-3)27-25-23-21-13-11-9-7-5-2/h29H,4-28H2,1-3H3. The van der Waals surface area contributed by atoms with Gasteiger partial charge in [-0.25, -0.2) is 0 Å². The molecule has 0 aliphatic heterocycles. The number of hydrogen-bond acceptors (Lipinski definition) is 3. The summed E-state index contributed by atoms with van der Waals surface area (Å²) in [7, 11) is 1.41. The van der Waals surface area contributed by atoms with Crippen molar-refractivity contribution in [1.82, 2.24) is 0 Å². The van der Waals surface area contributed by atoms with Crippen molar-refractivity contribution in [2.75, 3.05) is 7.11 Å². The lowest BCUT2D eigenvalue weighted by Gasteiger charge is -2.13. The van der Waals surface area contributed by atoms with Gasteiger partial charge in [0.25, 0.3) is 0 Å². The number of unbranched alkanes of at least 4 members (excludes halogenated alkanes) is 21. The minimum Gasteiger partial charge on any atom is -0.468 e. The molecule has 0 amide bonds. The van der Waals surface area contributed by atoms with E-state index in [2.05, 4.69) is 13.8 Å². The quantitative estimate of drug-likeness (QED) is 0.0667. The van der Waals surface area contributed by atoms with Gasteiger partial charge < -0.3 is 4.74 Å². The third-order valence-electron chi connectivity index (χ3n) is 7.25. The Bertz CT molecular complexity index is 446. The van der Waals surface area contributed by atoms with E-state index >= 15 is 0 Å². The van der Waals surface area contributed by atoms with E-state index in [1.165, 1.54) is 129 Å². The van der Waals surface area contributed by atoms with Crippen LogP contribution >= 0.6 is 0 Å². The predicted octanol–water partition coefficient (Wildman–Crippen LogP) is 10.1. The van der Waals surface area contributed by atoms with E-state index in [9.17, 15) is 9.59 Å². The number of Topliss-reactive ketones (excluding diaryl/α,β-unsaturated/α-hetero) is 1. The number of ether oxygens (including phenoxy) is 1. The molecular formula is C31H60O3. The van der Waals surface area contributed by atoms with Crippen LogP contribution in [0.2, 0.25) is 0 Å². The molecule has 3 heteroatoms. The van der Waals surface area contributed by atoms with Gasteiger partial charge in [-0.15, -0.1) is 0 Å². The van der Waals surface area contributed by atoms with Gasteiger partial charge in [0.15, 0.2) is 0 Å². The van der Waals surface area contributed by atoms with E-state index in [0.29, 0.717) is 12.8 Å². The van der Waals surface area contributed by atoms with Crippen LogP contribution in [0.4, 0.5) is 0 Å². The predicted molar refractivity (Wildman–Crippen MR) is 147 cm³/mol. The van der Waals surface area contributed by atoms with Crippen LogP contribution in [0.1, 0.15) is 174 Å². The van der Waals surface area contributed by atoms with Crippen LogP contribution in [0, 0.1) is 5.92 Å².